The zero-order valence-electron chi connectivity index (χ0n) is 10.4. The van der Waals surface area contributed by atoms with Crippen LogP contribution in [-0.2, 0) is 4.74 Å². The van der Waals surface area contributed by atoms with E-state index in [1.807, 2.05) is 13.0 Å². The Balaban J connectivity index is 2.28. The lowest BCUT2D eigenvalue weighted by Gasteiger charge is -2.38. The van der Waals surface area contributed by atoms with Crippen LogP contribution in [0.2, 0.25) is 0 Å². The number of hydrogen-bond acceptors (Lipinski definition) is 2. The van der Waals surface area contributed by atoms with Gasteiger partial charge in [-0.3, -0.25) is 0 Å². The molecule has 1 N–H and O–H groups in total. The summed E-state index contributed by atoms with van der Waals surface area (Å²) in [7, 11) is 0. The normalized spacial score (nSPS) is 34.7. The zero-order valence-corrected chi connectivity index (χ0v) is 10.4. The minimum absolute atomic E-state index is 0.0526. The third-order valence-electron chi connectivity index (χ3n) is 3.74. The summed E-state index contributed by atoms with van der Waals surface area (Å²) in [6, 6.07) is 0. The minimum atomic E-state index is -0.299. The van der Waals surface area contributed by atoms with Crippen molar-refractivity contribution in [1.29, 1.82) is 0 Å². The molecule has 2 aliphatic rings. The van der Waals surface area contributed by atoms with Gasteiger partial charge in [-0.2, -0.15) is 0 Å². The fourth-order valence-corrected chi connectivity index (χ4v) is 2.94. The lowest BCUT2D eigenvalue weighted by Crippen LogP contribution is -2.40. The van der Waals surface area contributed by atoms with Gasteiger partial charge in [0.05, 0.1) is 11.9 Å². The number of aliphatic hydroxyl groups is 1. The Bertz CT molecular complexity index is 315. The molecule has 0 radical (unpaired) electrons. The van der Waals surface area contributed by atoms with Crippen LogP contribution in [0.1, 0.15) is 40.0 Å². The van der Waals surface area contributed by atoms with Crippen molar-refractivity contribution in [2.75, 3.05) is 0 Å². The SMILES string of the molecule is C/C=C/[C@H]1OC2=C(CCC2)[C@@H](O)[C@H]1C(C)C. The Hall–Kier alpha value is -0.760. The Kier molecular flexibility index (Phi) is 3.38. The van der Waals surface area contributed by atoms with Gasteiger partial charge >= 0.3 is 0 Å². The van der Waals surface area contributed by atoms with Crippen LogP contribution in [0.25, 0.3) is 0 Å². The third-order valence-corrected chi connectivity index (χ3v) is 3.74. The highest BCUT2D eigenvalue weighted by Crippen LogP contribution is 2.41. The topological polar surface area (TPSA) is 29.5 Å². The van der Waals surface area contributed by atoms with Crippen molar-refractivity contribution >= 4 is 0 Å². The van der Waals surface area contributed by atoms with Crippen LogP contribution in [0.15, 0.2) is 23.5 Å². The highest BCUT2D eigenvalue weighted by molar-refractivity contribution is 5.24. The molecule has 0 bridgehead atoms. The van der Waals surface area contributed by atoms with E-state index < -0.39 is 0 Å². The second-order valence-corrected chi connectivity index (χ2v) is 5.18. The maximum atomic E-state index is 10.4. The maximum Gasteiger partial charge on any atom is 0.122 e. The van der Waals surface area contributed by atoms with Crippen LogP contribution < -0.4 is 0 Å². The van der Waals surface area contributed by atoms with Crippen LogP contribution in [-0.4, -0.2) is 17.3 Å². The van der Waals surface area contributed by atoms with Crippen molar-refractivity contribution in [2.45, 2.75) is 52.2 Å². The van der Waals surface area contributed by atoms with Gasteiger partial charge in [-0.15, -0.1) is 0 Å². The molecule has 0 saturated heterocycles. The molecular weight excluding hydrogens is 200 g/mol. The summed E-state index contributed by atoms with van der Waals surface area (Å²) >= 11 is 0. The summed E-state index contributed by atoms with van der Waals surface area (Å²) in [4.78, 5) is 0. The van der Waals surface area contributed by atoms with Gasteiger partial charge in [0, 0.05) is 12.3 Å². The van der Waals surface area contributed by atoms with Gasteiger partial charge in [0.15, 0.2) is 0 Å². The van der Waals surface area contributed by atoms with Gasteiger partial charge in [0.1, 0.15) is 6.10 Å². The highest BCUT2D eigenvalue weighted by atomic mass is 16.5. The number of allylic oxidation sites excluding steroid dienone is 2. The number of ether oxygens (including phenoxy) is 1. The van der Waals surface area contributed by atoms with Crippen molar-refractivity contribution < 1.29 is 9.84 Å². The maximum absolute atomic E-state index is 10.4. The highest BCUT2D eigenvalue weighted by Gasteiger charge is 2.40. The molecule has 0 aromatic rings. The standard InChI is InChI=1S/C14H22O2/c1-4-6-12-13(9(2)3)14(15)10-7-5-8-11(10)16-12/h4,6,9,12-15H,5,7-8H2,1-3H3/b6-4+/t12-,13+,14-/m1/s1. The molecule has 2 nitrogen and oxygen atoms in total. The van der Waals surface area contributed by atoms with E-state index in [9.17, 15) is 5.11 Å². The average Bonchev–Trinajstić information content (AvgIpc) is 2.65. The first-order chi connectivity index (χ1) is 7.65. The number of hydrogen-bond donors (Lipinski definition) is 1. The second-order valence-electron chi connectivity index (χ2n) is 5.18. The Morgan fingerprint density at radius 3 is 2.75 bits per heavy atom. The monoisotopic (exact) mass is 222 g/mol. The van der Waals surface area contributed by atoms with Crippen LogP contribution >= 0.6 is 0 Å². The molecule has 2 heteroatoms. The largest absolute Gasteiger partial charge is 0.490 e. The predicted octanol–water partition coefficient (Wildman–Crippen LogP) is 3.03. The fourth-order valence-electron chi connectivity index (χ4n) is 2.94. The molecule has 2 rings (SSSR count). The third kappa shape index (κ3) is 1.91. The van der Waals surface area contributed by atoms with E-state index in [2.05, 4.69) is 19.9 Å². The van der Waals surface area contributed by atoms with Gasteiger partial charge in [0.2, 0.25) is 0 Å². The first-order valence-electron chi connectivity index (χ1n) is 6.34. The Labute approximate surface area is 98.0 Å². The number of rotatable bonds is 2. The lowest BCUT2D eigenvalue weighted by molar-refractivity contribution is -0.0166. The summed E-state index contributed by atoms with van der Waals surface area (Å²) in [5, 5.41) is 10.4. The molecule has 0 unspecified atom stereocenters. The van der Waals surface area contributed by atoms with E-state index >= 15 is 0 Å². The summed E-state index contributed by atoms with van der Waals surface area (Å²) in [5.41, 5.74) is 1.17. The molecule has 1 heterocycles. The summed E-state index contributed by atoms with van der Waals surface area (Å²) in [6.45, 7) is 6.33. The molecule has 0 fully saturated rings. The molecule has 3 atom stereocenters. The molecule has 0 amide bonds. The number of aliphatic hydroxyl groups excluding tert-OH is 1. The van der Waals surface area contributed by atoms with Crippen LogP contribution in [0, 0.1) is 11.8 Å². The molecule has 0 spiro atoms. The van der Waals surface area contributed by atoms with Crippen LogP contribution in [0.3, 0.4) is 0 Å². The average molecular weight is 222 g/mol. The van der Waals surface area contributed by atoms with E-state index in [-0.39, 0.29) is 18.1 Å². The van der Waals surface area contributed by atoms with Crippen molar-refractivity contribution in [3.63, 3.8) is 0 Å². The molecule has 0 aromatic heterocycles. The smallest absolute Gasteiger partial charge is 0.122 e. The van der Waals surface area contributed by atoms with Gasteiger partial charge in [-0.05, 0) is 37.3 Å². The lowest BCUT2D eigenvalue weighted by atomic mass is 9.80. The minimum Gasteiger partial charge on any atom is -0.490 e. The van der Waals surface area contributed by atoms with Crippen LogP contribution in [0.5, 0.6) is 0 Å². The second kappa shape index (κ2) is 4.62. The van der Waals surface area contributed by atoms with Gasteiger partial charge in [-0.25, -0.2) is 0 Å². The quantitative estimate of drug-likeness (QED) is 0.728. The Morgan fingerprint density at radius 2 is 2.12 bits per heavy atom. The first kappa shape index (κ1) is 11.7. The molecule has 1 aliphatic heterocycles. The molecule has 1 aliphatic carbocycles. The molecule has 16 heavy (non-hydrogen) atoms. The summed E-state index contributed by atoms with van der Waals surface area (Å²) < 4.78 is 6.03. The fraction of sp³-hybridized carbons (Fsp3) is 0.714. The summed E-state index contributed by atoms with van der Waals surface area (Å²) in [6.07, 6.45) is 7.01. The van der Waals surface area contributed by atoms with E-state index in [1.165, 1.54) is 5.57 Å². The van der Waals surface area contributed by atoms with E-state index in [4.69, 9.17) is 4.74 Å². The van der Waals surface area contributed by atoms with Crippen LogP contribution in [0.4, 0.5) is 0 Å². The van der Waals surface area contributed by atoms with Crippen molar-refractivity contribution in [1.82, 2.24) is 0 Å². The molecule has 0 aromatic carbocycles. The summed E-state index contributed by atoms with van der Waals surface area (Å²) in [5.74, 6) is 1.70. The van der Waals surface area contributed by atoms with Crippen molar-refractivity contribution in [3.8, 4) is 0 Å². The van der Waals surface area contributed by atoms with Gasteiger partial charge in [-0.1, -0.05) is 19.9 Å². The molecular formula is C14H22O2. The molecule has 90 valence electrons. The Morgan fingerprint density at radius 1 is 1.38 bits per heavy atom. The van der Waals surface area contributed by atoms with E-state index in [1.54, 1.807) is 0 Å². The predicted molar refractivity (Wildman–Crippen MR) is 64.9 cm³/mol. The van der Waals surface area contributed by atoms with Crippen molar-refractivity contribution in [3.05, 3.63) is 23.5 Å². The molecule has 0 saturated carbocycles. The van der Waals surface area contributed by atoms with Gasteiger partial charge in [0.25, 0.3) is 0 Å². The zero-order chi connectivity index (χ0) is 11.7. The van der Waals surface area contributed by atoms with Crippen molar-refractivity contribution in [2.24, 2.45) is 11.8 Å². The van der Waals surface area contributed by atoms with Gasteiger partial charge < -0.3 is 9.84 Å². The van der Waals surface area contributed by atoms with E-state index in [0.717, 1.165) is 25.0 Å². The first-order valence-corrected chi connectivity index (χ1v) is 6.34. The van der Waals surface area contributed by atoms with E-state index in [0.29, 0.717) is 5.92 Å².